The lowest BCUT2D eigenvalue weighted by Crippen LogP contribution is -2.50. The van der Waals surface area contributed by atoms with E-state index in [0.29, 0.717) is 12.8 Å². The van der Waals surface area contributed by atoms with Gasteiger partial charge in [0.05, 0.1) is 25.1 Å². The molecule has 2 aromatic rings. The largest absolute Gasteiger partial charge is 0.392 e. The summed E-state index contributed by atoms with van der Waals surface area (Å²) in [7, 11) is 0. The average Bonchev–Trinajstić information content (AvgIpc) is 2.64. The van der Waals surface area contributed by atoms with Crippen molar-refractivity contribution in [1.82, 2.24) is 10.6 Å². The molecule has 1 aliphatic heterocycles. The Morgan fingerprint density at radius 2 is 1.76 bits per heavy atom. The van der Waals surface area contributed by atoms with E-state index in [-0.39, 0.29) is 36.9 Å². The number of hydrogen-bond acceptors (Lipinski definition) is 3. The molecule has 0 bridgehead atoms. The minimum atomic E-state index is -0.223. The van der Waals surface area contributed by atoms with Crippen LogP contribution >= 0.6 is 0 Å². The summed E-state index contributed by atoms with van der Waals surface area (Å²) in [4.78, 5) is 24.3. The molecule has 0 unspecified atom stereocenters. The van der Waals surface area contributed by atoms with Gasteiger partial charge in [-0.15, -0.1) is 0 Å². The zero-order chi connectivity index (χ0) is 17.6. The summed E-state index contributed by atoms with van der Waals surface area (Å²) >= 11 is 0. The van der Waals surface area contributed by atoms with Gasteiger partial charge >= 0.3 is 0 Å². The second-order valence-corrected chi connectivity index (χ2v) is 6.27. The van der Waals surface area contributed by atoms with E-state index in [4.69, 9.17) is 0 Å². The molecule has 1 saturated heterocycles. The van der Waals surface area contributed by atoms with Crippen LogP contribution in [0.15, 0.2) is 54.6 Å². The number of carbonyl (C=O) groups is 2. The van der Waals surface area contributed by atoms with E-state index >= 15 is 0 Å². The first-order valence-corrected chi connectivity index (χ1v) is 8.48. The highest BCUT2D eigenvalue weighted by atomic mass is 16.3. The van der Waals surface area contributed by atoms with Crippen LogP contribution in [-0.4, -0.2) is 23.0 Å². The third-order valence-electron chi connectivity index (χ3n) is 4.55. The normalized spacial score (nSPS) is 20.0. The van der Waals surface area contributed by atoms with Crippen molar-refractivity contribution in [2.24, 2.45) is 0 Å². The van der Waals surface area contributed by atoms with Gasteiger partial charge in [-0.05, 0) is 23.1 Å². The summed E-state index contributed by atoms with van der Waals surface area (Å²) in [6.07, 6.45) is 1.23. The van der Waals surface area contributed by atoms with Crippen LogP contribution in [0, 0.1) is 0 Å². The van der Waals surface area contributed by atoms with Gasteiger partial charge in [0.15, 0.2) is 0 Å². The molecule has 2 amide bonds. The molecule has 0 saturated carbocycles. The monoisotopic (exact) mass is 338 g/mol. The number of nitrogens with one attached hydrogen (secondary N) is 2. The fourth-order valence-corrected chi connectivity index (χ4v) is 3.25. The number of aliphatic hydroxyl groups excluding tert-OH is 1. The van der Waals surface area contributed by atoms with Crippen LogP contribution in [0.25, 0.3) is 0 Å². The van der Waals surface area contributed by atoms with Crippen LogP contribution in [0.5, 0.6) is 0 Å². The van der Waals surface area contributed by atoms with Gasteiger partial charge in [-0.1, -0.05) is 54.6 Å². The summed E-state index contributed by atoms with van der Waals surface area (Å²) in [6.45, 7) is -0.0877. The zero-order valence-corrected chi connectivity index (χ0v) is 13.9. The Bertz CT molecular complexity index is 746. The Balaban J connectivity index is 1.71. The van der Waals surface area contributed by atoms with E-state index in [2.05, 4.69) is 10.6 Å². The minimum Gasteiger partial charge on any atom is -0.392 e. The fourth-order valence-electron chi connectivity index (χ4n) is 3.25. The summed E-state index contributed by atoms with van der Waals surface area (Å²) in [5.41, 5.74) is 2.56. The molecule has 5 nitrogen and oxygen atoms in total. The van der Waals surface area contributed by atoms with Gasteiger partial charge in [-0.2, -0.15) is 0 Å². The number of aliphatic hydroxyl groups is 1. The molecule has 0 radical (unpaired) electrons. The molecule has 1 heterocycles. The Morgan fingerprint density at radius 3 is 2.48 bits per heavy atom. The number of amides is 2. The van der Waals surface area contributed by atoms with Crippen molar-refractivity contribution in [2.45, 2.75) is 38.0 Å². The Labute approximate surface area is 147 Å². The molecular formula is C20H22N2O3. The van der Waals surface area contributed by atoms with Crippen LogP contribution in [0.1, 0.15) is 35.6 Å². The van der Waals surface area contributed by atoms with Gasteiger partial charge in [0.1, 0.15) is 0 Å². The highest BCUT2D eigenvalue weighted by molar-refractivity contribution is 5.81. The third kappa shape index (κ3) is 4.25. The van der Waals surface area contributed by atoms with Crippen molar-refractivity contribution >= 4 is 11.8 Å². The lowest BCUT2D eigenvalue weighted by atomic mass is 9.91. The molecule has 3 N–H and O–H groups in total. The van der Waals surface area contributed by atoms with E-state index in [1.807, 2.05) is 54.6 Å². The highest BCUT2D eigenvalue weighted by Crippen LogP contribution is 2.24. The maximum atomic E-state index is 12.5. The van der Waals surface area contributed by atoms with Gasteiger partial charge in [0, 0.05) is 6.42 Å². The summed E-state index contributed by atoms with van der Waals surface area (Å²) in [5.74, 6) is -0.104. The molecular weight excluding hydrogens is 316 g/mol. The first-order chi connectivity index (χ1) is 12.2. The molecule has 5 heteroatoms. The zero-order valence-electron chi connectivity index (χ0n) is 13.9. The van der Waals surface area contributed by atoms with Crippen LogP contribution in [0.4, 0.5) is 0 Å². The number of carbonyl (C=O) groups excluding carboxylic acids is 2. The van der Waals surface area contributed by atoms with Gasteiger partial charge in [0.2, 0.25) is 11.8 Å². The lowest BCUT2D eigenvalue weighted by molar-refractivity contribution is -0.126. The average molecular weight is 338 g/mol. The van der Waals surface area contributed by atoms with Crippen molar-refractivity contribution in [1.29, 1.82) is 0 Å². The second-order valence-electron chi connectivity index (χ2n) is 6.27. The van der Waals surface area contributed by atoms with Crippen molar-refractivity contribution in [3.05, 3.63) is 71.3 Å². The van der Waals surface area contributed by atoms with Crippen LogP contribution in [-0.2, 0) is 22.6 Å². The van der Waals surface area contributed by atoms with Gasteiger partial charge in [-0.25, -0.2) is 0 Å². The van der Waals surface area contributed by atoms with E-state index < -0.39 is 0 Å². The van der Waals surface area contributed by atoms with Gasteiger partial charge in [-0.3, -0.25) is 9.59 Å². The molecule has 0 spiro atoms. The van der Waals surface area contributed by atoms with Crippen LogP contribution < -0.4 is 10.6 Å². The van der Waals surface area contributed by atoms with Crippen molar-refractivity contribution in [3.63, 3.8) is 0 Å². The highest BCUT2D eigenvalue weighted by Gasteiger charge is 2.30. The van der Waals surface area contributed by atoms with Crippen molar-refractivity contribution in [3.8, 4) is 0 Å². The fraction of sp³-hybridized carbons (Fsp3) is 0.300. The Hall–Kier alpha value is -2.66. The molecule has 25 heavy (non-hydrogen) atoms. The topological polar surface area (TPSA) is 78.4 Å². The maximum absolute atomic E-state index is 12.5. The molecule has 130 valence electrons. The number of benzene rings is 2. The van der Waals surface area contributed by atoms with E-state index in [1.54, 1.807) is 0 Å². The molecule has 0 aromatic heterocycles. The second kappa shape index (κ2) is 7.94. The minimum absolute atomic E-state index is 0.00461. The number of piperidine rings is 1. The summed E-state index contributed by atoms with van der Waals surface area (Å²) < 4.78 is 0. The molecule has 0 aliphatic carbocycles. The SMILES string of the molecule is O=C(Cc1ccccc1CO)N[C@@H]1CCC(=O)N[C@H]1c1ccccc1. The lowest BCUT2D eigenvalue weighted by Gasteiger charge is -2.33. The predicted octanol–water partition coefficient (Wildman–Crippen LogP) is 1.86. The molecule has 2 atom stereocenters. The molecule has 3 rings (SSSR count). The van der Waals surface area contributed by atoms with E-state index in [0.717, 1.165) is 16.7 Å². The first kappa shape index (κ1) is 17.2. The summed E-state index contributed by atoms with van der Waals surface area (Å²) in [5, 5.41) is 15.4. The third-order valence-corrected chi connectivity index (χ3v) is 4.55. The van der Waals surface area contributed by atoms with Gasteiger partial charge in [0.25, 0.3) is 0 Å². The Morgan fingerprint density at radius 1 is 1.08 bits per heavy atom. The molecule has 1 fully saturated rings. The van der Waals surface area contributed by atoms with Gasteiger partial charge < -0.3 is 15.7 Å². The number of hydrogen-bond donors (Lipinski definition) is 3. The van der Waals surface area contributed by atoms with E-state index in [1.165, 1.54) is 0 Å². The smallest absolute Gasteiger partial charge is 0.224 e. The first-order valence-electron chi connectivity index (χ1n) is 8.48. The standard InChI is InChI=1S/C20H22N2O3/c23-13-16-9-5-4-8-15(16)12-19(25)21-17-10-11-18(24)22-20(17)14-6-2-1-3-7-14/h1-9,17,20,23H,10-13H2,(H,21,25)(H,22,24)/t17-,20+/m1/s1. The van der Waals surface area contributed by atoms with Crippen LogP contribution in [0.3, 0.4) is 0 Å². The maximum Gasteiger partial charge on any atom is 0.224 e. The molecule has 2 aromatic carbocycles. The Kier molecular flexibility index (Phi) is 5.46. The van der Waals surface area contributed by atoms with E-state index in [9.17, 15) is 14.7 Å². The van der Waals surface area contributed by atoms with Crippen LogP contribution in [0.2, 0.25) is 0 Å². The predicted molar refractivity (Wildman–Crippen MR) is 94.6 cm³/mol. The van der Waals surface area contributed by atoms with Crippen molar-refractivity contribution < 1.29 is 14.7 Å². The molecule has 1 aliphatic rings. The number of rotatable bonds is 5. The van der Waals surface area contributed by atoms with Crippen molar-refractivity contribution in [2.75, 3.05) is 0 Å². The quantitative estimate of drug-likeness (QED) is 0.779. The summed E-state index contributed by atoms with van der Waals surface area (Å²) in [6, 6.07) is 16.7.